The fourth-order valence-electron chi connectivity index (χ4n) is 5.00. The molecule has 40 heavy (non-hydrogen) atoms. The summed E-state index contributed by atoms with van der Waals surface area (Å²) in [6, 6.07) is 11.1. The molecule has 1 N–H and O–H groups in total. The number of amides is 1. The maximum Gasteiger partial charge on any atom is 0.310 e. The second-order valence-electron chi connectivity index (χ2n) is 9.85. The maximum absolute atomic E-state index is 13.0. The predicted molar refractivity (Wildman–Crippen MR) is 147 cm³/mol. The molecule has 0 saturated carbocycles. The molecule has 2 aromatic heterocycles. The zero-order chi connectivity index (χ0) is 28.8. The summed E-state index contributed by atoms with van der Waals surface area (Å²) in [4.78, 5) is 21.9. The van der Waals surface area contributed by atoms with E-state index in [0.717, 1.165) is 23.4 Å². The van der Waals surface area contributed by atoms with Crippen molar-refractivity contribution in [1.29, 1.82) is 0 Å². The van der Waals surface area contributed by atoms with Crippen LogP contribution in [0, 0.1) is 0 Å². The summed E-state index contributed by atoms with van der Waals surface area (Å²) in [5.74, 6) is 0.116. The van der Waals surface area contributed by atoms with Crippen LogP contribution in [0.2, 0.25) is 5.02 Å². The average Bonchev–Trinajstić information content (AvgIpc) is 3.29. The number of hydrogen-bond donors (Lipinski definition) is 1. The Morgan fingerprint density at radius 1 is 1.02 bits per heavy atom. The van der Waals surface area contributed by atoms with Crippen molar-refractivity contribution in [2.45, 2.75) is 43.5 Å². The van der Waals surface area contributed by atoms with E-state index in [-0.39, 0.29) is 11.8 Å². The molecule has 1 saturated heterocycles. The van der Waals surface area contributed by atoms with Crippen LogP contribution in [0.25, 0.3) is 5.78 Å². The summed E-state index contributed by atoms with van der Waals surface area (Å²) in [6.45, 7) is 3.57. The maximum atomic E-state index is 13.0. The fraction of sp³-hybridized carbons (Fsp3) is 0.296. The third kappa shape index (κ3) is 6.02. The lowest BCUT2D eigenvalue weighted by molar-refractivity contribution is 0.0944. The van der Waals surface area contributed by atoms with E-state index < -0.39 is 15.1 Å². The van der Waals surface area contributed by atoms with Crippen molar-refractivity contribution < 1.29 is 24.2 Å². The van der Waals surface area contributed by atoms with E-state index in [9.17, 15) is 24.2 Å². The molecule has 2 aromatic carbocycles. The van der Waals surface area contributed by atoms with Crippen molar-refractivity contribution in [1.82, 2.24) is 19.7 Å². The zero-order valence-electron chi connectivity index (χ0n) is 21.5. The lowest BCUT2D eigenvalue weighted by atomic mass is 9.89. The van der Waals surface area contributed by atoms with E-state index in [2.05, 4.69) is 20.2 Å². The van der Waals surface area contributed by atoms with Gasteiger partial charge in [-0.05, 0) is 60.6 Å². The number of anilines is 1. The second-order valence-corrected chi connectivity index (χ2v) is 12.7. The van der Waals surface area contributed by atoms with Crippen molar-refractivity contribution in [3.63, 3.8) is 0 Å². The molecular weight excluding hydrogens is 573 g/mol. The fourth-order valence-corrected chi connectivity index (χ4v) is 5.80. The van der Waals surface area contributed by atoms with E-state index in [0.29, 0.717) is 78.8 Å². The van der Waals surface area contributed by atoms with E-state index in [4.69, 9.17) is 11.6 Å². The first-order valence-corrected chi connectivity index (χ1v) is 15.0. The number of benzene rings is 2. The number of imidazole rings is 1. The summed E-state index contributed by atoms with van der Waals surface area (Å²) in [7, 11) is -9.66. The molecule has 0 atom stereocenters. The highest BCUT2D eigenvalue weighted by Gasteiger charge is 2.65. The Kier molecular flexibility index (Phi) is 6.77. The number of halogens is 6. The number of aryl methyl sites for hydroxylation is 1. The van der Waals surface area contributed by atoms with Gasteiger partial charge in [0.2, 0.25) is 5.78 Å². The van der Waals surface area contributed by atoms with Crippen molar-refractivity contribution >= 4 is 39.2 Å². The van der Waals surface area contributed by atoms with E-state index >= 15 is 0 Å². The van der Waals surface area contributed by atoms with E-state index in [1.165, 1.54) is 6.20 Å². The third-order valence-corrected chi connectivity index (χ3v) is 8.48. The SMILES string of the molecule is CCc1nc2ncc(Cl)cn2c1C(=O)NCc1ccc(N2CCC(c3ccc(S(F)(F)(F)(F)F)cc3)CC2)cc1. The minimum absolute atomic E-state index is 0.00368. The van der Waals surface area contributed by atoms with Gasteiger partial charge in [0.15, 0.2) is 0 Å². The number of aromatic nitrogens is 3. The van der Waals surface area contributed by atoms with Crippen LogP contribution >= 0.6 is 21.8 Å². The summed E-state index contributed by atoms with van der Waals surface area (Å²) in [6.07, 6.45) is 5.02. The van der Waals surface area contributed by atoms with Crippen molar-refractivity contribution in [3.8, 4) is 0 Å². The van der Waals surface area contributed by atoms with Crippen molar-refractivity contribution in [2.75, 3.05) is 18.0 Å². The van der Waals surface area contributed by atoms with E-state index in [1.807, 2.05) is 31.2 Å². The van der Waals surface area contributed by atoms with E-state index in [1.54, 1.807) is 10.6 Å². The first-order valence-electron chi connectivity index (χ1n) is 12.7. The van der Waals surface area contributed by atoms with Crippen LogP contribution in [-0.4, -0.2) is 33.4 Å². The molecule has 5 rings (SSSR count). The van der Waals surface area contributed by atoms with Gasteiger partial charge in [0.05, 0.1) is 16.9 Å². The molecule has 1 amide bonds. The lowest BCUT2D eigenvalue weighted by Crippen LogP contribution is -2.32. The monoisotopic (exact) mass is 599 g/mol. The summed E-state index contributed by atoms with van der Waals surface area (Å²) >= 11 is 6.06. The molecular formula is C27H27ClF5N5OS. The predicted octanol–water partition coefficient (Wildman–Crippen LogP) is 7.92. The minimum atomic E-state index is -9.66. The van der Waals surface area contributed by atoms with Gasteiger partial charge >= 0.3 is 10.2 Å². The van der Waals surface area contributed by atoms with Crippen LogP contribution in [0.1, 0.15) is 53.0 Å². The number of fused-ring (bicyclic) bond motifs is 1. The molecule has 0 aliphatic carbocycles. The molecule has 6 nitrogen and oxygen atoms in total. The van der Waals surface area contributed by atoms with Gasteiger partial charge in [-0.2, -0.15) is 0 Å². The number of rotatable bonds is 7. The Balaban J connectivity index is 1.18. The standard InChI is InChI=1S/C27H27ClF5N5OS/c1-2-24-25(38-17-21(28)16-35-27(38)36-24)26(39)34-15-18-3-7-22(8-4-18)37-13-11-20(12-14-37)19-5-9-23(10-6-19)40(29,30,31,32)33/h3-10,16-17,20H,2,11-15H2,1H3,(H,34,39). The molecule has 4 aromatic rings. The van der Waals surface area contributed by atoms with Gasteiger partial charge in [-0.15, -0.1) is 0 Å². The normalized spacial score (nSPS) is 16.5. The van der Waals surface area contributed by atoms with Gasteiger partial charge in [-0.25, -0.2) is 9.97 Å². The van der Waals surface area contributed by atoms with Gasteiger partial charge in [0, 0.05) is 31.5 Å². The Bertz CT molecular complexity index is 1550. The van der Waals surface area contributed by atoms with Gasteiger partial charge in [0.25, 0.3) is 5.91 Å². The Morgan fingerprint density at radius 3 is 2.27 bits per heavy atom. The second kappa shape index (κ2) is 9.62. The van der Waals surface area contributed by atoms with Gasteiger partial charge < -0.3 is 10.2 Å². The highest BCUT2D eigenvalue weighted by atomic mass is 35.5. The molecule has 0 spiro atoms. The van der Waals surface area contributed by atoms with Gasteiger partial charge in [0.1, 0.15) is 10.6 Å². The number of nitrogens with one attached hydrogen (secondary N) is 1. The topological polar surface area (TPSA) is 62.5 Å². The number of hydrogen-bond acceptors (Lipinski definition) is 4. The summed E-state index contributed by atoms with van der Waals surface area (Å²) in [5, 5.41) is 3.32. The van der Waals surface area contributed by atoms with Crippen molar-refractivity contribution in [2.24, 2.45) is 0 Å². The van der Waals surface area contributed by atoms with Crippen LogP contribution < -0.4 is 10.2 Å². The first-order chi connectivity index (χ1) is 18.7. The van der Waals surface area contributed by atoms with Crippen molar-refractivity contribution in [3.05, 3.63) is 88.5 Å². The molecule has 1 aliphatic heterocycles. The third-order valence-electron chi connectivity index (χ3n) is 7.12. The summed E-state index contributed by atoms with van der Waals surface area (Å²) < 4.78 is 66.6. The molecule has 1 aliphatic rings. The van der Waals surface area contributed by atoms with Gasteiger partial charge in [-0.1, -0.05) is 62.2 Å². The highest BCUT2D eigenvalue weighted by molar-refractivity contribution is 8.45. The smallest absolute Gasteiger partial charge is 0.310 e. The molecule has 214 valence electrons. The highest BCUT2D eigenvalue weighted by Crippen LogP contribution is 3.02. The number of piperidine rings is 1. The first kappa shape index (κ1) is 28.2. The van der Waals surface area contributed by atoms with Gasteiger partial charge in [-0.3, -0.25) is 9.20 Å². The molecule has 0 unspecified atom stereocenters. The Hall–Kier alpha value is -3.38. The zero-order valence-corrected chi connectivity index (χ0v) is 23.0. The average molecular weight is 600 g/mol. The number of nitrogens with zero attached hydrogens (tertiary/aromatic N) is 4. The molecule has 0 radical (unpaired) electrons. The van der Waals surface area contributed by atoms with Crippen LogP contribution in [0.15, 0.2) is 65.8 Å². The largest absolute Gasteiger partial charge is 0.371 e. The Labute approximate surface area is 232 Å². The molecule has 13 heteroatoms. The van der Waals surface area contributed by atoms with Crippen LogP contribution in [0.5, 0.6) is 0 Å². The molecule has 0 bridgehead atoms. The Morgan fingerprint density at radius 2 is 1.68 bits per heavy atom. The summed E-state index contributed by atoms with van der Waals surface area (Å²) in [5.41, 5.74) is 3.54. The minimum Gasteiger partial charge on any atom is -0.371 e. The lowest BCUT2D eigenvalue weighted by Gasteiger charge is -2.40. The van der Waals surface area contributed by atoms with Crippen LogP contribution in [0.3, 0.4) is 0 Å². The molecule has 3 heterocycles. The number of carbonyl (C=O) groups is 1. The van der Waals surface area contributed by atoms with Crippen LogP contribution in [0.4, 0.5) is 25.1 Å². The van der Waals surface area contributed by atoms with Crippen LogP contribution in [-0.2, 0) is 13.0 Å². The molecule has 1 fully saturated rings. The number of carbonyl (C=O) groups excluding carboxylic acids is 1. The quantitative estimate of drug-likeness (QED) is 0.219.